The van der Waals surface area contributed by atoms with E-state index in [1.807, 2.05) is 6.92 Å². The van der Waals surface area contributed by atoms with E-state index >= 15 is 0 Å². The van der Waals surface area contributed by atoms with Crippen LogP contribution in [0.25, 0.3) is 0 Å². The molecule has 0 saturated carbocycles. The van der Waals surface area contributed by atoms with E-state index in [1.54, 1.807) is 49.6 Å². The predicted octanol–water partition coefficient (Wildman–Crippen LogP) is 3.28. The lowest BCUT2D eigenvalue weighted by Crippen LogP contribution is -2.24. The van der Waals surface area contributed by atoms with E-state index in [9.17, 15) is 4.79 Å². The molecule has 0 unspecified atom stereocenters. The lowest BCUT2D eigenvalue weighted by atomic mass is 10.2. The zero-order valence-corrected chi connectivity index (χ0v) is 14.7. The molecule has 0 aliphatic carbocycles. The van der Waals surface area contributed by atoms with E-state index in [2.05, 4.69) is 10.5 Å². The van der Waals surface area contributed by atoms with Gasteiger partial charge in [-0.2, -0.15) is 5.10 Å². The fourth-order valence-corrected chi connectivity index (χ4v) is 2.05. The summed E-state index contributed by atoms with van der Waals surface area (Å²) >= 11 is 5.78. The van der Waals surface area contributed by atoms with Crippen molar-refractivity contribution in [2.45, 2.75) is 6.92 Å². The number of carbonyl (C=O) groups is 1. The Bertz CT molecular complexity index is 732. The predicted molar refractivity (Wildman–Crippen MR) is 96.8 cm³/mol. The van der Waals surface area contributed by atoms with Gasteiger partial charge in [0.1, 0.15) is 17.2 Å². The van der Waals surface area contributed by atoms with Gasteiger partial charge in [-0.05, 0) is 49.4 Å². The summed E-state index contributed by atoms with van der Waals surface area (Å²) < 4.78 is 16.0. The number of rotatable bonds is 8. The highest BCUT2D eigenvalue weighted by Gasteiger charge is 2.05. The molecule has 0 spiro atoms. The van der Waals surface area contributed by atoms with Crippen molar-refractivity contribution in [3.05, 3.63) is 53.1 Å². The molecule has 0 bridgehead atoms. The molecule has 0 saturated heterocycles. The van der Waals surface area contributed by atoms with Crippen molar-refractivity contribution in [3.8, 4) is 17.2 Å². The number of ether oxygens (including phenoxy) is 3. The fourth-order valence-electron chi connectivity index (χ4n) is 1.93. The van der Waals surface area contributed by atoms with Crippen molar-refractivity contribution in [2.24, 2.45) is 5.10 Å². The third kappa shape index (κ3) is 6.00. The lowest BCUT2D eigenvalue weighted by Gasteiger charge is -2.08. The molecule has 0 fully saturated rings. The summed E-state index contributed by atoms with van der Waals surface area (Å²) in [5.74, 6) is 1.49. The monoisotopic (exact) mass is 362 g/mol. The summed E-state index contributed by atoms with van der Waals surface area (Å²) in [5.41, 5.74) is 3.10. The molecule has 132 valence electrons. The Balaban J connectivity index is 1.91. The highest BCUT2D eigenvalue weighted by Crippen LogP contribution is 2.22. The molecular formula is C18H19ClN2O4. The SMILES string of the molecule is CCOc1ccc(OC)cc1C=NNC(=O)COc1ccc(Cl)cc1. The first kappa shape index (κ1) is 18.6. The molecule has 2 aromatic rings. The Morgan fingerprint density at radius 3 is 2.56 bits per heavy atom. The number of carbonyl (C=O) groups excluding carboxylic acids is 1. The zero-order valence-electron chi connectivity index (χ0n) is 14.0. The van der Waals surface area contributed by atoms with Crippen molar-refractivity contribution in [3.63, 3.8) is 0 Å². The number of amides is 1. The van der Waals surface area contributed by atoms with Gasteiger partial charge >= 0.3 is 0 Å². The molecule has 0 aliphatic rings. The maximum atomic E-state index is 11.8. The molecule has 0 radical (unpaired) electrons. The largest absolute Gasteiger partial charge is 0.497 e. The van der Waals surface area contributed by atoms with Gasteiger partial charge in [-0.3, -0.25) is 4.79 Å². The number of nitrogens with one attached hydrogen (secondary N) is 1. The van der Waals surface area contributed by atoms with Gasteiger partial charge in [-0.1, -0.05) is 11.6 Å². The first-order chi connectivity index (χ1) is 12.1. The number of nitrogens with zero attached hydrogens (tertiary/aromatic N) is 1. The molecule has 0 aliphatic heterocycles. The quantitative estimate of drug-likeness (QED) is 0.578. The van der Waals surface area contributed by atoms with Crippen LogP contribution < -0.4 is 19.6 Å². The second kappa shape index (κ2) is 9.54. The molecule has 6 nitrogen and oxygen atoms in total. The molecule has 1 N–H and O–H groups in total. The van der Waals surface area contributed by atoms with Crippen LogP contribution in [0.2, 0.25) is 5.02 Å². The Labute approximate surface area is 151 Å². The zero-order chi connectivity index (χ0) is 18.1. The molecule has 0 atom stereocenters. The molecule has 2 rings (SSSR count). The first-order valence-corrected chi connectivity index (χ1v) is 8.01. The first-order valence-electron chi connectivity index (χ1n) is 7.63. The Hall–Kier alpha value is -2.73. The van der Waals surface area contributed by atoms with Crippen molar-refractivity contribution in [1.29, 1.82) is 0 Å². The van der Waals surface area contributed by atoms with Gasteiger partial charge in [-0.25, -0.2) is 5.43 Å². The van der Waals surface area contributed by atoms with Gasteiger partial charge in [0.15, 0.2) is 6.61 Å². The van der Waals surface area contributed by atoms with Crippen LogP contribution in [0.4, 0.5) is 0 Å². The summed E-state index contributed by atoms with van der Waals surface area (Å²) in [5, 5.41) is 4.53. The highest BCUT2D eigenvalue weighted by atomic mass is 35.5. The third-order valence-corrected chi connectivity index (χ3v) is 3.35. The molecule has 25 heavy (non-hydrogen) atoms. The van der Waals surface area contributed by atoms with E-state index in [0.29, 0.717) is 34.4 Å². The van der Waals surface area contributed by atoms with Gasteiger partial charge in [-0.15, -0.1) is 0 Å². The third-order valence-electron chi connectivity index (χ3n) is 3.09. The summed E-state index contributed by atoms with van der Waals surface area (Å²) in [7, 11) is 1.58. The van der Waals surface area contributed by atoms with Gasteiger partial charge in [0.25, 0.3) is 5.91 Å². The van der Waals surface area contributed by atoms with Crippen molar-refractivity contribution >= 4 is 23.7 Å². The van der Waals surface area contributed by atoms with Gasteiger partial charge < -0.3 is 14.2 Å². The highest BCUT2D eigenvalue weighted by molar-refractivity contribution is 6.30. The molecule has 0 heterocycles. The van der Waals surface area contributed by atoms with E-state index in [0.717, 1.165) is 0 Å². The molecule has 7 heteroatoms. The van der Waals surface area contributed by atoms with Crippen LogP contribution in [0.15, 0.2) is 47.6 Å². The Morgan fingerprint density at radius 1 is 1.16 bits per heavy atom. The average molecular weight is 363 g/mol. The standard InChI is InChI=1S/C18H19ClN2O4/c1-3-24-17-9-8-16(23-2)10-13(17)11-20-21-18(22)12-25-15-6-4-14(19)5-7-15/h4-11H,3,12H2,1-2H3,(H,21,22). The van der Waals surface area contributed by atoms with Crippen LogP contribution in [0, 0.1) is 0 Å². The van der Waals surface area contributed by atoms with Crippen LogP contribution in [0.1, 0.15) is 12.5 Å². The minimum absolute atomic E-state index is 0.157. The number of hydrogen-bond acceptors (Lipinski definition) is 5. The normalized spacial score (nSPS) is 10.5. The van der Waals surface area contributed by atoms with Crippen molar-refractivity contribution in [1.82, 2.24) is 5.43 Å². The summed E-state index contributed by atoms with van der Waals surface area (Å²) in [6, 6.07) is 12.1. The van der Waals surface area contributed by atoms with Gasteiger partial charge in [0.2, 0.25) is 0 Å². The number of methoxy groups -OCH3 is 1. The van der Waals surface area contributed by atoms with Crippen LogP contribution in [0.5, 0.6) is 17.2 Å². The van der Waals surface area contributed by atoms with Gasteiger partial charge in [0, 0.05) is 10.6 Å². The van der Waals surface area contributed by atoms with Crippen LogP contribution in [-0.4, -0.2) is 32.4 Å². The minimum Gasteiger partial charge on any atom is -0.497 e. The van der Waals surface area contributed by atoms with Crippen molar-refractivity contribution < 1.29 is 19.0 Å². The topological polar surface area (TPSA) is 69.2 Å². The maximum absolute atomic E-state index is 11.8. The van der Waals surface area contributed by atoms with Crippen LogP contribution in [0.3, 0.4) is 0 Å². The van der Waals surface area contributed by atoms with E-state index < -0.39 is 0 Å². The Kier molecular flexibility index (Phi) is 7.10. The van der Waals surface area contributed by atoms with Crippen LogP contribution >= 0.6 is 11.6 Å². The second-order valence-corrected chi connectivity index (χ2v) is 5.31. The van der Waals surface area contributed by atoms with Crippen LogP contribution in [-0.2, 0) is 4.79 Å². The summed E-state index contributed by atoms with van der Waals surface area (Å²) in [4.78, 5) is 11.8. The smallest absolute Gasteiger partial charge is 0.277 e. The second-order valence-electron chi connectivity index (χ2n) is 4.87. The Morgan fingerprint density at radius 2 is 1.88 bits per heavy atom. The van der Waals surface area contributed by atoms with Crippen molar-refractivity contribution in [2.75, 3.05) is 20.3 Å². The molecule has 2 aromatic carbocycles. The average Bonchev–Trinajstić information content (AvgIpc) is 2.62. The minimum atomic E-state index is -0.382. The molecule has 0 aromatic heterocycles. The summed E-state index contributed by atoms with van der Waals surface area (Å²) in [6.07, 6.45) is 1.49. The fraction of sp³-hybridized carbons (Fsp3) is 0.222. The number of hydrazone groups is 1. The maximum Gasteiger partial charge on any atom is 0.277 e. The van der Waals surface area contributed by atoms with E-state index in [4.69, 9.17) is 25.8 Å². The lowest BCUT2D eigenvalue weighted by molar-refractivity contribution is -0.123. The molecule has 1 amide bonds. The van der Waals surface area contributed by atoms with Gasteiger partial charge in [0.05, 0.1) is 19.9 Å². The number of halogens is 1. The summed E-state index contributed by atoms with van der Waals surface area (Å²) in [6.45, 7) is 2.25. The van der Waals surface area contributed by atoms with E-state index in [-0.39, 0.29) is 12.5 Å². The number of benzene rings is 2. The number of hydrogen-bond donors (Lipinski definition) is 1. The molecular weight excluding hydrogens is 344 g/mol. The van der Waals surface area contributed by atoms with E-state index in [1.165, 1.54) is 6.21 Å².